The Balaban J connectivity index is 2.07. The van der Waals surface area contributed by atoms with Crippen LogP contribution in [0, 0.1) is 0 Å². The molecule has 27 heavy (non-hydrogen) atoms. The van der Waals surface area contributed by atoms with Crippen LogP contribution in [0.5, 0.6) is 17.2 Å². The lowest BCUT2D eigenvalue weighted by atomic mass is 10.2. The molecule has 2 aromatic rings. The van der Waals surface area contributed by atoms with Crippen molar-refractivity contribution in [3.05, 3.63) is 48.0 Å². The highest BCUT2D eigenvalue weighted by Crippen LogP contribution is 2.30. The monoisotopic (exact) mass is 381 g/mol. The smallest absolute Gasteiger partial charge is 0.387 e. The van der Waals surface area contributed by atoms with Crippen LogP contribution in [0.1, 0.15) is 17.3 Å². The van der Waals surface area contributed by atoms with Gasteiger partial charge in [0, 0.05) is 0 Å². The fraction of sp³-hybridized carbons (Fsp3) is 0.222. The molecule has 0 aliphatic carbocycles. The number of benzene rings is 2. The molecule has 9 heteroatoms. The number of nitrogens with one attached hydrogen (secondary N) is 1. The number of methoxy groups -OCH3 is 1. The lowest BCUT2D eigenvalue weighted by Gasteiger charge is -2.16. The molecule has 0 aromatic heterocycles. The molecule has 0 heterocycles. The first-order chi connectivity index (χ1) is 12.8. The first kappa shape index (κ1) is 20.0. The van der Waals surface area contributed by atoms with E-state index in [1.165, 1.54) is 56.5 Å². The van der Waals surface area contributed by atoms with Gasteiger partial charge in [-0.05, 0) is 31.2 Å². The average Bonchev–Trinajstić information content (AvgIpc) is 2.62. The van der Waals surface area contributed by atoms with Gasteiger partial charge >= 0.3 is 12.6 Å². The molecule has 1 amide bonds. The second kappa shape index (κ2) is 8.84. The molecule has 2 N–H and O–H groups in total. The zero-order valence-electron chi connectivity index (χ0n) is 14.4. The van der Waals surface area contributed by atoms with E-state index in [0.29, 0.717) is 0 Å². The summed E-state index contributed by atoms with van der Waals surface area (Å²) >= 11 is 0. The van der Waals surface area contributed by atoms with Crippen LogP contribution >= 0.6 is 0 Å². The molecule has 0 saturated carbocycles. The molecular formula is C18H17F2NO6. The topological polar surface area (TPSA) is 94.1 Å². The van der Waals surface area contributed by atoms with Crippen molar-refractivity contribution in [1.82, 2.24) is 0 Å². The van der Waals surface area contributed by atoms with Crippen molar-refractivity contribution >= 4 is 17.6 Å². The number of phenolic OH excluding ortho intramolecular Hbond substituents is 1. The maximum absolute atomic E-state index is 12.4. The van der Waals surface area contributed by atoms with Crippen LogP contribution < -0.4 is 14.8 Å². The first-order valence-corrected chi connectivity index (χ1v) is 7.75. The van der Waals surface area contributed by atoms with Crippen molar-refractivity contribution in [3.8, 4) is 17.2 Å². The minimum atomic E-state index is -3.06. The van der Waals surface area contributed by atoms with Gasteiger partial charge in [0.1, 0.15) is 11.3 Å². The summed E-state index contributed by atoms with van der Waals surface area (Å²) in [6, 6.07) is 9.81. The number of para-hydroxylation sites is 3. The maximum atomic E-state index is 12.4. The predicted octanol–water partition coefficient (Wildman–Crippen LogP) is 3.19. The summed E-state index contributed by atoms with van der Waals surface area (Å²) in [7, 11) is 1.32. The number of amides is 1. The fourth-order valence-corrected chi connectivity index (χ4v) is 2.13. The Morgan fingerprint density at radius 2 is 1.74 bits per heavy atom. The van der Waals surface area contributed by atoms with E-state index < -0.39 is 30.3 Å². The van der Waals surface area contributed by atoms with E-state index in [1.807, 2.05) is 0 Å². The van der Waals surface area contributed by atoms with E-state index in [4.69, 9.17) is 9.47 Å². The molecule has 144 valence electrons. The summed E-state index contributed by atoms with van der Waals surface area (Å²) < 4.78 is 39.1. The van der Waals surface area contributed by atoms with Crippen LogP contribution in [0.3, 0.4) is 0 Å². The number of anilines is 1. The lowest BCUT2D eigenvalue weighted by Crippen LogP contribution is -2.30. The number of phenols is 1. The van der Waals surface area contributed by atoms with Crippen LogP contribution in [0.4, 0.5) is 14.5 Å². The quantitative estimate of drug-likeness (QED) is 0.716. The van der Waals surface area contributed by atoms with Crippen LogP contribution in [0.2, 0.25) is 0 Å². The van der Waals surface area contributed by atoms with Crippen molar-refractivity contribution < 1.29 is 37.7 Å². The van der Waals surface area contributed by atoms with Gasteiger partial charge in [-0.25, -0.2) is 4.79 Å². The first-order valence-electron chi connectivity index (χ1n) is 7.75. The normalized spacial score (nSPS) is 11.6. The Morgan fingerprint density at radius 3 is 2.41 bits per heavy atom. The molecule has 0 aliphatic rings. The van der Waals surface area contributed by atoms with Gasteiger partial charge in [-0.3, -0.25) is 4.79 Å². The third-order valence-electron chi connectivity index (χ3n) is 3.45. The highest BCUT2D eigenvalue weighted by molar-refractivity contribution is 5.99. The zero-order chi connectivity index (χ0) is 20.0. The van der Waals surface area contributed by atoms with E-state index in [1.54, 1.807) is 0 Å². The van der Waals surface area contributed by atoms with E-state index in [-0.39, 0.29) is 22.7 Å². The molecule has 7 nitrogen and oxygen atoms in total. The number of carbonyl (C=O) groups is 2. The van der Waals surface area contributed by atoms with Crippen molar-refractivity contribution in [2.24, 2.45) is 0 Å². The van der Waals surface area contributed by atoms with Crippen molar-refractivity contribution in [3.63, 3.8) is 0 Å². The number of aromatic hydroxyl groups is 1. The van der Waals surface area contributed by atoms with Crippen LogP contribution in [-0.2, 0) is 9.53 Å². The number of esters is 1. The van der Waals surface area contributed by atoms with Gasteiger partial charge in [0.05, 0.1) is 12.8 Å². The van der Waals surface area contributed by atoms with Gasteiger partial charge in [-0.15, -0.1) is 0 Å². The number of ether oxygens (including phenoxy) is 3. The Bertz CT molecular complexity index is 827. The number of hydrogen-bond donors (Lipinski definition) is 2. The number of alkyl halides is 2. The molecule has 1 atom stereocenters. The molecule has 0 saturated heterocycles. The number of hydrogen-bond acceptors (Lipinski definition) is 6. The summed E-state index contributed by atoms with van der Waals surface area (Å²) in [5.41, 5.74) is -0.189. The highest BCUT2D eigenvalue weighted by atomic mass is 19.3. The van der Waals surface area contributed by atoms with Crippen molar-refractivity contribution in [1.29, 1.82) is 0 Å². The highest BCUT2D eigenvalue weighted by Gasteiger charge is 2.23. The minimum Gasteiger partial charge on any atom is -0.504 e. The van der Waals surface area contributed by atoms with Gasteiger partial charge in [0.25, 0.3) is 5.91 Å². The van der Waals surface area contributed by atoms with Crippen molar-refractivity contribution in [2.75, 3.05) is 12.4 Å². The van der Waals surface area contributed by atoms with Gasteiger partial charge in [0.2, 0.25) is 0 Å². The molecule has 0 spiro atoms. The summed E-state index contributed by atoms with van der Waals surface area (Å²) in [4.78, 5) is 24.4. The van der Waals surface area contributed by atoms with Gasteiger partial charge in [-0.2, -0.15) is 8.78 Å². The standard InChI is InChI=1S/C18H17F2NO6/c1-10(26-17(24)11-6-5-9-14(25-2)15(11)22)16(23)21-12-7-3-4-8-13(12)27-18(19)20/h3-10,18,22H,1-2H3,(H,21,23). The number of halogens is 2. The Morgan fingerprint density at radius 1 is 1.07 bits per heavy atom. The van der Waals surface area contributed by atoms with E-state index in [0.717, 1.165) is 0 Å². The Labute approximate surface area is 153 Å². The molecular weight excluding hydrogens is 364 g/mol. The average molecular weight is 381 g/mol. The van der Waals surface area contributed by atoms with Gasteiger partial charge in [-0.1, -0.05) is 18.2 Å². The Hall–Kier alpha value is -3.36. The summed E-state index contributed by atoms with van der Waals surface area (Å²) in [6.45, 7) is -1.77. The lowest BCUT2D eigenvalue weighted by molar-refractivity contribution is -0.123. The van der Waals surface area contributed by atoms with Gasteiger partial charge < -0.3 is 24.6 Å². The maximum Gasteiger partial charge on any atom is 0.387 e. The summed E-state index contributed by atoms with van der Waals surface area (Å²) in [5, 5.41) is 12.3. The third-order valence-corrected chi connectivity index (χ3v) is 3.45. The second-order valence-corrected chi connectivity index (χ2v) is 5.27. The third kappa shape index (κ3) is 5.06. The fourth-order valence-electron chi connectivity index (χ4n) is 2.13. The molecule has 0 aliphatic heterocycles. The summed E-state index contributed by atoms with van der Waals surface area (Å²) in [6.07, 6.45) is -1.28. The van der Waals surface area contributed by atoms with Crippen LogP contribution in [0.25, 0.3) is 0 Å². The summed E-state index contributed by atoms with van der Waals surface area (Å²) in [5.74, 6) is -2.31. The number of rotatable bonds is 7. The van der Waals surface area contributed by atoms with E-state index >= 15 is 0 Å². The second-order valence-electron chi connectivity index (χ2n) is 5.27. The SMILES string of the molecule is COc1cccc(C(=O)OC(C)C(=O)Nc2ccccc2OC(F)F)c1O. The van der Waals surface area contributed by atoms with Crippen molar-refractivity contribution in [2.45, 2.75) is 19.6 Å². The molecule has 1 unspecified atom stereocenters. The Kier molecular flexibility index (Phi) is 6.53. The molecule has 2 aromatic carbocycles. The van der Waals surface area contributed by atoms with E-state index in [2.05, 4.69) is 10.1 Å². The molecule has 0 bridgehead atoms. The zero-order valence-corrected chi connectivity index (χ0v) is 14.4. The molecule has 0 fully saturated rings. The van der Waals surface area contributed by atoms with Crippen LogP contribution in [-0.4, -0.2) is 36.8 Å². The van der Waals surface area contributed by atoms with Crippen LogP contribution in [0.15, 0.2) is 42.5 Å². The predicted molar refractivity (Wildman–Crippen MR) is 91.2 cm³/mol. The number of carbonyl (C=O) groups excluding carboxylic acids is 2. The molecule has 2 rings (SSSR count). The van der Waals surface area contributed by atoms with Gasteiger partial charge in [0.15, 0.2) is 17.6 Å². The molecule has 0 radical (unpaired) electrons. The van der Waals surface area contributed by atoms with E-state index in [9.17, 15) is 23.5 Å². The largest absolute Gasteiger partial charge is 0.504 e. The minimum absolute atomic E-state index is 0.00470.